The van der Waals surface area contributed by atoms with Gasteiger partial charge in [0.25, 0.3) is 0 Å². The number of likely N-dealkylation sites (N-methyl/N-ethyl adjacent to an activating group) is 2. The molecule has 0 spiro atoms. The van der Waals surface area contributed by atoms with Crippen molar-refractivity contribution in [1.82, 2.24) is 77.1 Å². The highest BCUT2D eigenvalue weighted by Gasteiger charge is 2.27. The van der Waals surface area contributed by atoms with Gasteiger partial charge in [0.15, 0.2) is 5.11 Å². The predicted octanol–water partition coefficient (Wildman–Crippen LogP) is 3.62. The smallest absolute Gasteiger partial charge is 0.326 e. The number of carboxylic acid groups (broad SMARTS) is 5. The van der Waals surface area contributed by atoms with Crippen molar-refractivity contribution in [3.63, 3.8) is 0 Å². The van der Waals surface area contributed by atoms with Crippen LogP contribution in [0.25, 0.3) is 11.3 Å². The lowest BCUT2D eigenvalue weighted by Crippen LogP contribution is -2.50. The molecule has 0 aliphatic carbocycles. The van der Waals surface area contributed by atoms with Crippen LogP contribution < -0.4 is 53.2 Å². The molecule has 8 amide bonds. The van der Waals surface area contributed by atoms with Gasteiger partial charge in [-0.15, -0.1) is 0 Å². The summed E-state index contributed by atoms with van der Waals surface area (Å²) in [6.07, 6.45) is 8.06. The lowest BCUT2D eigenvalue weighted by molar-refractivity contribution is -0.142. The molecule has 1 saturated heterocycles. The fourth-order valence-electron chi connectivity index (χ4n) is 13.6. The van der Waals surface area contributed by atoms with Gasteiger partial charge in [0.05, 0.1) is 171 Å². The number of rotatable bonds is 77. The van der Waals surface area contributed by atoms with E-state index in [1.165, 1.54) is 10.4 Å². The number of aromatic nitrogens is 3. The lowest BCUT2D eigenvalue weighted by atomic mass is 10.0. The number of benzene rings is 3. The zero-order valence-corrected chi connectivity index (χ0v) is 82.6. The van der Waals surface area contributed by atoms with Gasteiger partial charge in [-0.1, -0.05) is 36.4 Å². The van der Waals surface area contributed by atoms with E-state index in [2.05, 4.69) is 108 Å². The molecule has 4 atom stereocenters. The van der Waals surface area contributed by atoms with Crippen molar-refractivity contribution < 1.29 is 130 Å². The van der Waals surface area contributed by atoms with E-state index in [4.69, 9.17) is 69.4 Å². The van der Waals surface area contributed by atoms with Gasteiger partial charge in [-0.05, 0) is 180 Å². The second-order valence-corrected chi connectivity index (χ2v) is 34.2. The Hall–Kier alpha value is -9.61. The zero-order valence-electron chi connectivity index (χ0n) is 79.6. The van der Waals surface area contributed by atoms with Crippen LogP contribution >= 0.6 is 34.8 Å². The Morgan fingerprint density at radius 1 is 0.428 bits per heavy atom. The van der Waals surface area contributed by atoms with E-state index in [9.17, 15) is 73.2 Å². The maximum absolute atomic E-state index is 13.7. The number of ether oxygens (including phenoxy) is 11. The van der Waals surface area contributed by atoms with E-state index in [-0.39, 0.29) is 161 Å². The van der Waals surface area contributed by atoms with E-state index in [1.54, 1.807) is 24.4 Å². The van der Waals surface area contributed by atoms with Crippen LogP contribution in [0.1, 0.15) is 107 Å². The normalized spacial score (nSPS) is 14.2. The fraction of sp³-hybridized carbons (Fsp3) is 0.652. The summed E-state index contributed by atoms with van der Waals surface area (Å²) < 4.78 is 62.9. The zero-order chi connectivity index (χ0) is 99.8. The Balaban J connectivity index is 0.908. The highest BCUT2D eigenvalue weighted by atomic mass is 127. The number of carbonyl (C=O) groups excluding carboxylic acids is 6. The van der Waals surface area contributed by atoms with E-state index in [0.717, 1.165) is 40.8 Å². The Morgan fingerprint density at radius 3 is 1.46 bits per heavy atom. The first-order valence-electron chi connectivity index (χ1n) is 47.2. The van der Waals surface area contributed by atoms with Crippen molar-refractivity contribution in [2.24, 2.45) is 0 Å². The van der Waals surface area contributed by atoms with Crippen LogP contribution in [0.15, 0.2) is 79.0 Å². The average Bonchev–Trinajstić information content (AvgIpc) is 1.65. The third kappa shape index (κ3) is 60.4. The minimum atomic E-state index is -1.22. The van der Waals surface area contributed by atoms with Crippen LogP contribution in [0.4, 0.5) is 21.0 Å². The van der Waals surface area contributed by atoms with Gasteiger partial charge in [0.1, 0.15) is 23.8 Å². The number of anilines is 2. The second-order valence-electron chi connectivity index (χ2n) is 32.5. The molecule has 44 nitrogen and oxygen atoms in total. The minimum absolute atomic E-state index is 0.00356. The standard InChI is InChI=1S/C92H146IN17O27S/c1-106-35-37-107(2)76(67-109(69-86(118)119)40-39-108(38-36-106)68-85(116)117)64-71-22-26-74(27-23-71)101-92(138)98-32-8-3-15-77(102-82(112)28-42-127-46-50-131-53-49-130-45-41-110-99-66-80(105-110)72-13-10-14-75(65-72)100-90(125)96-31-7-5-17-79(89(123)124)104-91(126)97-33-11-19-84(114)115)87(120)95-34-44-129-48-52-133-55-57-135-59-61-137-63-62-136-60-58-134-56-54-132-51-47-128-43-29-83(113)103-78(88(121)122)16-4-6-30-94-81(111)18-9-12-70-20-24-73(93)25-21-70/h10,13-14,20-27,65-66,76-79H,3-9,11-12,15-19,28-64,67-69H2,1-2H3,(H,94,111)(H,95,120)(H,102,112)(H,103,113)(H,114,115)(H,116,117)(H,118,119)(H,121,122)(H,123,124)(H2,96,100,125)(H2,97,104,126)(H2,98,101,138)/t76?,77-,78-,79-/m0/s1. The predicted molar refractivity (Wildman–Crippen MR) is 523 cm³/mol. The number of nitrogens with one attached hydrogen (secondary N) is 10. The Bertz CT molecular complexity index is 4120. The molecule has 138 heavy (non-hydrogen) atoms. The molecule has 1 fully saturated rings. The number of thiocarbonyl (C=S) groups is 1. The largest absolute Gasteiger partial charge is 0.481 e. The molecule has 774 valence electrons. The summed E-state index contributed by atoms with van der Waals surface area (Å²) in [5, 5.41) is 84.5. The maximum Gasteiger partial charge on any atom is 0.326 e. The summed E-state index contributed by atoms with van der Waals surface area (Å²) in [4.78, 5) is 144. The second kappa shape index (κ2) is 75.3. The quantitative estimate of drug-likeness (QED) is 0.0170. The van der Waals surface area contributed by atoms with Gasteiger partial charge in [0, 0.05) is 131 Å². The third-order valence-electron chi connectivity index (χ3n) is 21.3. The average molecular weight is 2080 g/mol. The highest BCUT2D eigenvalue weighted by Crippen LogP contribution is 2.22. The van der Waals surface area contributed by atoms with E-state index >= 15 is 0 Å². The Labute approximate surface area is 826 Å². The summed E-state index contributed by atoms with van der Waals surface area (Å²) in [7, 11) is 4.06. The number of halogens is 1. The SMILES string of the molecule is CN1CCN(CC(=O)O)CCN(CC(=O)O)CC(Cc2ccc(NC(=S)NCCCC[C@H](NC(=O)CCOCCOCCOCCn3ncc(-c4cccc(NC(=O)NCCCC[C@H](NC(=O)NCCCC(=O)O)C(=O)O)c4)n3)C(=O)NCCOCCOCCOCCOCCOCCOCCOCCOCCC(=O)N[C@@H](CCCCNC(=O)CCCc3ccc(I)cc3)C(=O)O)cc2)N(C)CC1. The molecule has 3 aromatic carbocycles. The molecule has 4 aromatic rings. The van der Waals surface area contributed by atoms with Crippen LogP contribution in [0.3, 0.4) is 0 Å². The number of amides is 8. The summed E-state index contributed by atoms with van der Waals surface area (Å²) in [6.45, 7) is 11.9. The van der Waals surface area contributed by atoms with Crippen LogP contribution in [-0.4, -0.2) is 406 Å². The third-order valence-corrected chi connectivity index (χ3v) is 22.2. The maximum atomic E-state index is 13.7. The summed E-state index contributed by atoms with van der Waals surface area (Å²) in [5.74, 6) is -6.42. The van der Waals surface area contributed by atoms with Crippen LogP contribution in [0.2, 0.25) is 0 Å². The summed E-state index contributed by atoms with van der Waals surface area (Å²) >= 11 is 7.92. The number of hydrogen-bond acceptors (Lipinski definition) is 29. The number of aliphatic carboxylic acids is 5. The topological polar surface area (TPSA) is 554 Å². The first kappa shape index (κ1) is 119. The molecule has 1 aliphatic heterocycles. The molecular formula is C92H146IN17O27S. The van der Waals surface area contributed by atoms with Crippen molar-refractivity contribution in [2.75, 3.05) is 262 Å². The molecule has 0 radical (unpaired) electrons. The van der Waals surface area contributed by atoms with Crippen LogP contribution in [0.5, 0.6) is 0 Å². The Morgan fingerprint density at radius 2 is 0.899 bits per heavy atom. The van der Waals surface area contributed by atoms with Gasteiger partial charge in [-0.25, -0.2) is 19.2 Å². The van der Waals surface area contributed by atoms with Crippen molar-refractivity contribution in [1.29, 1.82) is 0 Å². The molecule has 1 unspecified atom stereocenters. The van der Waals surface area contributed by atoms with E-state index in [1.807, 2.05) is 66.4 Å². The van der Waals surface area contributed by atoms with Gasteiger partial charge in [0.2, 0.25) is 23.6 Å². The molecule has 1 aliphatic rings. The van der Waals surface area contributed by atoms with Crippen LogP contribution in [-0.2, 0) is 115 Å². The molecule has 46 heteroatoms. The first-order valence-corrected chi connectivity index (χ1v) is 48.7. The van der Waals surface area contributed by atoms with Crippen molar-refractivity contribution >= 4 is 117 Å². The molecule has 0 bridgehead atoms. The van der Waals surface area contributed by atoms with Gasteiger partial charge >= 0.3 is 41.9 Å². The van der Waals surface area contributed by atoms with E-state index in [0.29, 0.717) is 211 Å². The van der Waals surface area contributed by atoms with Crippen molar-refractivity contribution in [2.45, 2.75) is 140 Å². The van der Waals surface area contributed by atoms with Crippen molar-refractivity contribution in [3.05, 3.63) is 93.7 Å². The van der Waals surface area contributed by atoms with Gasteiger partial charge in [-0.3, -0.25) is 43.4 Å². The molecule has 15 N–H and O–H groups in total. The van der Waals surface area contributed by atoms with E-state index < -0.39 is 65.9 Å². The van der Waals surface area contributed by atoms with Gasteiger partial charge < -0.3 is 141 Å². The molecular weight excluding hydrogens is 1930 g/mol. The molecule has 1 aromatic heterocycles. The number of unbranched alkanes of at least 4 members (excludes halogenated alkanes) is 3. The summed E-state index contributed by atoms with van der Waals surface area (Å²) in [5.41, 5.74) is 4.75. The number of hydrogen-bond donors (Lipinski definition) is 15. The highest BCUT2D eigenvalue weighted by molar-refractivity contribution is 14.1. The molecule has 0 saturated carbocycles. The fourth-order valence-corrected chi connectivity index (χ4v) is 14.2. The number of nitrogens with zero attached hydrogens (tertiary/aromatic N) is 7. The molecule has 5 rings (SSSR count). The monoisotopic (exact) mass is 2080 g/mol. The lowest BCUT2D eigenvalue weighted by Gasteiger charge is -2.36. The summed E-state index contributed by atoms with van der Waals surface area (Å²) in [6, 6.07) is 18.9. The first-order chi connectivity index (χ1) is 66.8. The minimum Gasteiger partial charge on any atom is -0.481 e. The number of carboxylic acids is 5. The van der Waals surface area contributed by atoms with Gasteiger partial charge in [-0.2, -0.15) is 15.0 Å². The Kier molecular flexibility index (Phi) is 64.9. The number of carbonyl (C=O) groups is 11. The molecule has 2 heterocycles. The number of aryl methyl sites for hydroxylation is 1. The number of urea groups is 2. The van der Waals surface area contributed by atoms with Crippen molar-refractivity contribution in [3.8, 4) is 11.3 Å². The van der Waals surface area contributed by atoms with Crippen LogP contribution in [0, 0.1) is 3.57 Å².